The number of nitrogens with zero attached hydrogens (tertiary/aromatic N) is 2. The van der Waals surface area contributed by atoms with Gasteiger partial charge in [0.05, 0.1) is 17.7 Å². The lowest BCUT2D eigenvalue weighted by molar-refractivity contribution is -0.384. The first-order valence-electron chi connectivity index (χ1n) is 4.27. The zero-order chi connectivity index (χ0) is 11.3. The molecule has 1 rings (SSSR count). The summed E-state index contributed by atoms with van der Waals surface area (Å²) in [7, 11) is 0. The van der Waals surface area contributed by atoms with Crippen LogP contribution in [-0.4, -0.2) is 23.0 Å². The minimum atomic E-state index is -0.523. The molecule has 1 aromatic carbocycles. The molecule has 0 unspecified atom stereocenters. The number of ether oxygens (including phenoxy) is 1. The lowest BCUT2D eigenvalue weighted by Crippen LogP contribution is -1.97. The first-order chi connectivity index (χ1) is 7.19. The first-order valence-corrected chi connectivity index (χ1v) is 4.27. The van der Waals surface area contributed by atoms with E-state index in [0.29, 0.717) is 17.9 Å². The average Bonchev–Trinajstić information content (AvgIpc) is 2.21. The number of hydrogen-bond donors (Lipinski definition) is 1. The molecule has 0 saturated heterocycles. The minimum absolute atomic E-state index is 0.0756. The molecule has 0 atom stereocenters. The lowest BCUT2D eigenvalue weighted by atomic mass is 10.2. The minimum Gasteiger partial charge on any atom is -0.493 e. The quantitative estimate of drug-likeness (QED) is 0.355. The number of hydrogen-bond acceptors (Lipinski definition) is 5. The number of oxime groups is 1. The highest BCUT2D eigenvalue weighted by Gasteiger charge is 2.10. The molecular formula is C9H10N2O4. The van der Waals surface area contributed by atoms with Gasteiger partial charge < -0.3 is 9.94 Å². The molecule has 0 saturated carbocycles. The first kappa shape index (κ1) is 11.0. The van der Waals surface area contributed by atoms with Gasteiger partial charge in [-0.05, 0) is 13.0 Å². The predicted molar refractivity (Wildman–Crippen MR) is 53.6 cm³/mol. The number of nitro groups is 1. The zero-order valence-electron chi connectivity index (χ0n) is 8.08. The number of non-ortho nitro benzene ring substituents is 1. The molecule has 0 amide bonds. The van der Waals surface area contributed by atoms with Crippen molar-refractivity contribution in [2.75, 3.05) is 6.61 Å². The van der Waals surface area contributed by atoms with Crippen LogP contribution in [0.3, 0.4) is 0 Å². The highest BCUT2D eigenvalue weighted by molar-refractivity contribution is 5.84. The Balaban J connectivity index is 3.14. The van der Waals surface area contributed by atoms with Crippen molar-refractivity contribution in [1.82, 2.24) is 0 Å². The van der Waals surface area contributed by atoms with Gasteiger partial charge in [-0.2, -0.15) is 0 Å². The van der Waals surface area contributed by atoms with Gasteiger partial charge in [-0.25, -0.2) is 0 Å². The second-order valence-electron chi connectivity index (χ2n) is 2.66. The highest BCUT2D eigenvalue weighted by Crippen LogP contribution is 2.22. The standard InChI is InChI=1S/C9H10N2O4/c1-2-15-9-4-3-8(11(13)14)5-7(9)6-10-12/h3-6,12H,2H2,1H3. The molecule has 0 fully saturated rings. The molecule has 80 valence electrons. The summed E-state index contributed by atoms with van der Waals surface area (Å²) in [4.78, 5) is 9.96. The van der Waals surface area contributed by atoms with Gasteiger partial charge in [-0.1, -0.05) is 5.16 Å². The van der Waals surface area contributed by atoms with Crippen LogP contribution in [0.2, 0.25) is 0 Å². The molecule has 0 bridgehead atoms. The van der Waals surface area contributed by atoms with Gasteiger partial charge in [0.15, 0.2) is 0 Å². The van der Waals surface area contributed by atoms with E-state index in [9.17, 15) is 10.1 Å². The Labute approximate surface area is 85.9 Å². The van der Waals surface area contributed by atoms with Gasteiger partial charge >= 0.3 is 0 Å². The third kappa shape index (κ3) is 2.67. The molecule has 1 aromatic rings. The van der Waals surface area contributed by atoms with Crippen LogP contribution in [0.5, 0.6) is 5.75 Å². The lowest BCUT2D eigenvalue weighted by Gasteiger charge is -2.05. The van der Waals surface area contributed by atoms with Crippen molar-refractivity contribution in [1.29, 1.82) is 0 Å². The van der Waals surface area contributed by atoms with Crippen LogP contribution in [0.4, 0.5) is 5.69 Å². The van der Waals surface area contributed by atoms with Gasteiger partial charge in [0, 0.05) is 17.7 Å². The van der Waals surface area contributed by atoms with E-state index in [1.54, 1.807) is 6.92 Å². The maximum Gasteiger partial charge on any atom is 0.270 e. The van der Waals surface area contributed by atoms with E-state index in [1.807, 2.05) is 0 Å². The molecule has 0 radical (unpaired) electrons. The molecule has 0 heterocycles. The second kappa shape index (κ2) is 4.94. The molecule has 0 aliphatic carbocycles. The van der Waals surface area contributed by atoms with Crippen LogP contribution in [0.25, 0.3) is 0 Å². The van der Waals surface area contributed by atoms with Crippen LogP contribution in [0, 0.1) is 10.1 Å². The summed E-state index contributed by atoms with van der Waals surface area (Å²) < 4.78 is 5.20. The summed E-state index contributed by atoms with van der Waals surface area (Å²) in [6, 6.07) is 4.09. The highest BCUT2D eigenvalue weighted by atomic mass is 16.6. The Kier molecular flexibility index (Phi) is 3.61. The van der Waals surface area contributed by atoms with Crippen molar-refractivity contribution in [2.45, 2.75) is 6.92 Å². The van der Waals surface area contributed by atoms with Crippen LogP contribution in [0.1, 0.15) is 12.5 Å². The smallest absolute Gasteiger partial charge is 0.270 e. The molecule has 1 N–H and O–H groups in total. The molecule has 15 heavy (non-hydrogen) atoms. The summed E-state index contributed by atoms with van der Waals surface area (Å²) in [6.45, 7) is 2.23. The van der Waals surface area contributed by atoms with Crippen molar-refractivity contribution >= 4 is 11.9 Å². The average molecular weight is 210 g/mol. The molecule has 6 heteroatoms. The van der Waals surface area contributed by atoms with Crippen molar-refractivity contribution < 1.29 is 14.9 Å². The fourth-order valence-electron chi connectivity index (χ4n) is 1.10. The van der Waals surface area contributed by atoms with Gasteiger partial charge in [-0.3, -0.25) is 10.1 Å². The van der Waals surface area contributed by atoms with Crippen molar-refractivity contribution in [3.63, 3.8) is 0 Å². The molecule has 0 spiro atoms. The van der Waals surface area contributed by atoms with Crippen molar-refractivity contribution in [3.8, 4) is 5.75 Å². The SMILES string of the molecule is CCOc1ccc([N+](=O)[O-])cc1C=NO. The third-order valence-electron chi connectivity index (χ3n) is 1.70. The van der Waals surface area contributed by atoms with E-state index in [2.05, 4.69) is 5.16 Å². The van der Waals surface area contributed by atoms with E-state index in [1.165, 1.54) is 18.2 Å². The third-order valence-corrected chi connectivity index (χ3v) is 1.70. The maximum absolute atomic E-state index is 10.5. The normalized spacial score (nSPS) is 10.5. The monoisotopic (exact) mass is 210 g/mol. The van der Waals surface area contributed by atoms with Gasteiger partial charge in [0.25, 0.3) is 5.69 Å². The summed E-state index contributed by atoms with van der Waals surface area (Å²) in [6.07, 6.45) is 1.10. The Hall–Kier alpha value is -2.11. The Bertz CT molecular complexity index is 390. The van der Waals surface area contributed by atoms with E-state index in [0.717, 1.165) is 6.21 Å². The maximum atomic E-state index is 10.5. The van der Waals surface area contributed by atoms with E-state index in [4.69, 9.17) is 9.94 Å². The number of nitro benzene ring substituents is 1. The summed E-state index contributed by atoms with van der Waals surface area (Å²) in [5.41, 5.74) is 0.293. The Morgan fingerprint density at radius 3 is 2.93 bits per heavy atom. The van der Waals surface area contributed by atoms with E-state index >= 15 is 0 Å². The summed E-state index contributed by atoms with van der Waals surface area (Å²) in [5, 5.41) is 21.7. The molecule has 0 aliphatic rings. The van der Waals surface area contributed by atoms with Crippen LogP contribution in [-0.2, 0) is 0 Å². The van der Waals surface area contributed by atoms with Crippen LogP contribution >= 0.6 is 0 Å². The second-order valence-corrected chi connectivity index (χ2v) is 2.66. The fourth-order valence-corrected chi connectivity index (χ4v) is 1.10. The Morgan fingerprint density at radius 2 is 2.40 bits per heavy atom. The van der Waals surface area contributed by atoms with Gasteiger partial charge in [0.1, 0.15) is 5.75 Å². The van der Waals surface area contributed by atoms with E-state index < -0.39 is 4.92 Å². The Morgan fingerprint density at radius 1 is 1.67 bits per heavy atom. The topological polar surface area (TPSA) is 85.0 Å². The van der Waals surface area contributed by atoms with E-state index in [-0.39, 0.29) is 5.69 Å². The molecule has 6 nitrogen and oxygen atoms in total. The fraction of sp³-hybridized carbons (Fsp3) is 0.222. The summed E-state index contributed by atoms with van der Waals surface area (Å²) >= 11 is 0. The largest absolute Gasteiger partial charge is 0.493 e. The predicted octanol–water partition coefficient (Wildman–Crippen LogP) is 1.80. The van der Waals surface area contributed by atoms with Crippen LogP contribution in [0.15, 0.2) is 23.4 Å². The van der Waals surface area contributed by atoms with Crippen LogP contribution < -0.4 is 4.74 Å². The number of rotatable bonds is 4. The number of benzene rings is 1. The zero-order valence-corrected chi connectivity index (χ0v) is 8.08. The molecular weight excluding hydrogens is 200 g/mol. The van der Waals surface area contributed by atoms with Crippen molar-refractivity contribution in [3.05, 3.63) is 33.9 Å². The molecule has 0 aromatic heterocycles. The van der Waals surface area contributed by atoms with Gasteiger partial charge in [-0.15, -0.1) is 0 Å². The molecule has 0 aliphatic heterocycles. The van der Waals surface area contributed by atoms with Gasteiger partial charge in [0.2, 0.25) is 0 Å². The van der Waals surface area contributed by atoms with Crippen molar-refractivity contribution in [2.24, 2.45) is 5.16 Å². The summed E-state index contributed by atoms with van der Waals surface area (Å²) in [5.74, 6) is 0.445.